The molecule has 1 heterocycles. The lowest BCUT2D eigenvalue weighted by Gasteiger charge is -2.27. The Balaban J connectivity index is 2.13. The van der Waals surface area contributed by atoms with Crippen molar-refractivity contribution in [3.8, 4) is 5.75 Å². The number of hydrogen-bond donors (Lipinski definition) is 1. The van der Waals surface area contributed by atoms with Gasteiger partial charge in [-0.25, -0.2) is 0 Å². The summed E-state index contributed by atoms with van der Waals surface area (Å²) >= 11 is 0. The third-order valence-electron chi connectivity index (χ3n) is 5.62. The molecule has 194 valence electrons. The molecule has 1 saturated heterocycles. The van der Waals surface area contributed by atoms with Gasteiger partial charge >= 0.3 is 0 Å². The van der Waals surface area contributed by atoms with Gasteiger partial charge in [-0.15, -0.1) is 0 Å². The van der Waals surface area contributed by atoms with Crippen LogP contribution in [0.15, 0.2) is 90.6 Å². The van der Waals surface area contributed by atoms with E-state index in [1.165, 1.54) is 0 Å². The molecular formula is C30H40N2O4. The van der Waals surface area contributed by atoms with Gasteiger partial charge in [-0.1, -0.05) is 51.3 Å². The van der Waals surface area contributed by atoms with E-state index in [0.29, 0.717) is 34.1 Å². The molecule has 1 amide bonds. The van der Waals surface area contributed by atoms with Crippen molar-refractivity contribution in [3.63, 3.8) is 0 Å². The van der Waals surface area contributed by atoms with Gasteiger partial charge in [0.05, 0.1) is 20.3 Å². The van der Waals surface area contributed by atoms with E-state index in [1.54, 1.807) is 25.3 Å². The standard InChI is InChI=1S/C30H40N2O4/c1-8-10-12-28(22(3)4)36-24(6)25(11-9-2)19-23(5)31-30(33)26-13-14-27(29(20-26)34-7)21-32-15-17-35-18-16-32/h9,11-14,19-20H,2-3,6,8,10,15-18,21H2,1,4-5,7H3,(H,31,33)/b23-19+,25-11+,28-12+. The van der Waals surface area contributed by atoms with Crippen LogP contribution in [0.5, 0.6) is 5.75 Å². The van der Waals surface area contributed by atoms with E-state index < -0.39 is 0 Å². The van der Waals surface area contributed by atoms with Gasteiger partial charge in [0.25, 0.3) is 5.91 Å². The predicted molar refractivity (Wildman–Crippen MR) is 147 cm³/mol. The van der Waals surface area contributed by atoms with E-state index in [9.17, 15) is 4.79 Å². The number of methoxy groups -OCH3 is 1. The van der Waals surface area contributed by atoms with Gasteiger partial charge in [-0.3, -0.25) is 9.69 Å². The third-order valence-corrected chi connectivity index (χ3v) is 5.62. The minimum Gasteiger partial charge on any atom is -0.496 e. The first kappa shape index (κ1) is 28.9. The number of unbranched alkanes of at least 4 members (excludes halogenated alkanes) is 1. The van der Waals surface area contributed by atoms with Crippen molar-refractivity contribution in [2.45, 2.75) is 40.2 Å². The van der Waals surface area contributed by atoms with Crippen molar-refractivity contribution < 1.29 is 19.0 Å². The summed E-state index contributed by atoms with van der Waals surface area (Å²) in [5, 5.41) is 2.94. The summed E-state index contributed by atoms with van der Waals surface area (Å²) in [5.74, 6) is 1.60. The van der Waals surface area contributed by atoms with Gasteiger partial charge in [0.15, 0.2) is 0 Å². The fraction of sp³-hybridized carbons (Fsp3) is 0.367. The van der Waals surface area contributed by atoms with Crippen molar-refractivity contribution in [1.29, 1.82) is 0 Å². The molecule has 0 spiro atoms. The Hall–Kier alpha value is -3.35. The highest BCUT2D eigenvalue weighted by atomic mass is 16.5. The van der Waals surface area contributed by atoms with E-state index in [-0.39, 0.29) is 5.91 Å². The Morgan fingerprint density at radius 3 is 2.56 bits per heavy atom. The van der Waals surface area contributed by atoms with E-state index in [0.717, 1.165) is 56.8 Å². The van der Waals surface area contributed by atoms with Gasteiger partial charge in [0, 0.05) is 42.0 Å². The summed E-state index contributed by atoms with van der Waals surface area (Å²) in [7, 11) is 1.62. The fourth-order valence-corrected chi connectivity index (χ4v) is 3.66. The third kappa shape index (κ3) is 9.02. The van der Waals surface area contributed by atoms with Crippen molar-refractivity contribution in [2.24, 2.45) is 0 Å². The molecule has 1 fully saturated rings. The molecule has 6 nitrogen and oxygen atoms in total. The van der Waals surface area contributed by atoms with E-state index >= 15 is 0 Å². The zero-order valence-electron chi connectivity index (χ0n) is 22.2. The second kappa shape index (κ2) is 14.9. The highest BCUT2D eigenvalue weighted by Gasteiger charge is 2.16. The van der Waals surface area contributed by atoms with Crippen LogP contribution < -0.4 is 10.1 Å². The van der Waals surface area contributed by atoms with Gasteiger partial charge in [-0.2, -0.15) is 0 Å². The number of morpholine rings is 1. The van der Waals surface area contributed by atoms with Crippen LogP contribution in [-0.4, -0.2) is 44.2 Å². The second-order valence-corrected chi connectivity index (χ2v) is 8.72. The molecule has 0 bridgehead atoms. The van der Waals surface area contributed by atoms with Gasteiger partial charge in [0.1, 0.15) is 17.3 Å². The summed E-state index contributed by atoms with van der Waals surface area (Å²) in [6.07, 6.45) is 9.15. The summed E-state index contributed by atoms with van der Waals surface area (Å²) in [5.41, 5.74) is 3.72. The number of benzene rings is 1. The lowest BCUT2D eigenvalue weighted by Crippen LogP contribution is -2.35. The average molecular weight is 493 g/mol. The van der Waals surface area contributed by atoms with Crippen LogP contribution in [0.2, 0.25) is 0 Å². The number of nitrogens with one attached hydrogen (secondary N) is 1. The van der Waals surface area contributed by atoms with Gasteiger partial charge in [-0.05, 0) is 50.1 Å². The average Bonchev–Trinajstić information content (AvgIpc) is 2.86. The number of allylic oxidation sites excluding steroid dienone is 6. The van der Waals surface area contributed by atoms with Crippen molar-refractivity contribution in [2.75, 3.05) is 33.4 Å². The summed E-state index contributed by atoms with van der Waals surface area (Å²) in [6.45, 7) is 21.6. The van der Waals surface area contributed by atoms with E-state index in [1.807, 2.05) is 38.1 Å². The molecule has 36 heavy (non-hydrogen) atoms. The van der Waals surface area contributed by atoms with Crippen molar-refractivity contribution in [1.82, 2.24) is 10.2 Å². The second-order valence-electron chi connectivity index (χ2n) is 8.72. The SMILES string of the molecule is C=C/C=C(\C=C(/C)NC(=O)c1ccc(CN2CCOCC2)c(OC)c1)C(=C)O/C(=C/CCC)C(=C)C. The first-order chi connectivity index (χ1) is 17.3. The molecule has 1 aromatic rings. The topological polar surface area (TPSA) is 60.0 Å². The first-order valence-corrected chi connectivity index (χ1v) is 12.3. The summed E-state index contributed by atoms with van der Waals surface area (Å²) in [6, 6.07) is 5.54. The smallest absolute Gasteiger partial charge is 0.255 e. The monoisotopic (exact) mass is 492 g/mol. The molecule has 0 aromatic heterocycles. The molecular weight excluding hydrogens is 452 g/mol. The number of hydrogen-bond acceptors (Lipinski definition) is 5. The summed E-state index contributed by atoms with van der Waals surface area (Å²) in [4.78, 5) is 15.3. The largest absolute Gasteiger partial charge is 0.496 e. The molecule has 0 aliphatic carbocycles. The predicted octanol–water partition coefficient (Wildman–Crippen LogP) is 6.06. The maximum absolute atomic E-state index is 13.0. The maximum Gasteiger partial charge on any atom is 0.255 e. The van der Waals surface area contributed by atoms with E-state index in [2.05, 4.69) is 36.9 Å². The number of nitrogens with zero attached hydrogens (tertiary/aromatic N) is 1. The van der Waals surface area contributed by atoms with Crippen LogP contribution >= 0.6 is 0 Å². The lowest BCUT2D eigenvalue weighted by molar-refractivity contribution is 0.0339. The summed E-state index contributed by atoms with van der Waals surface area (Å²) < 4.78 is 17.0. The molecule has 0 saturated carbocycles. The zero-order valence-corrected chi connectivity index (χ0v) is 22.2. The Kier molecular flexibility index (Phi) is 12.0. The maximum atomic E-state index is 13.0. The van der Waals surface area contributed by atoms with Crippen LogP contribution in [0.4, 0.5) is 0 Å². The van der Waals surface area contributed by atoms with Gasteiger partial charge in [0.2, 0.25) is 0 Å². The van der Waals surface area contributed by atoms with Crippen LogP contribution in [0.25, 0.3) is 0 Å². The lowest BCUT2D eigenvalue weighted by atomic mass is 10.1. The minimum atomic E-state index is -0.227. The van der Waals surface area contributed by atoms with Gasteiger partial charge < -0.3 is 19.5 Å². The molecule has 1 aromatic carbocycles. The Labute approximate surface area is 216 Å². The highest BCUT2D eigenvalue weighted by molar-refractivity contribution is 5.95. The van der Waals surface area contributed by atoms with Crippen molar-refractivity contribution >= 4 is 5.91 Å². The Morgan fingerprint density at radius 1 is 1.22 bits per heavy atom. The molecule has 6 heteroatoms. The molecule has 1 aliphatic rings. The van der Waals surface area contributed by atoms with Crippen LogP contribution in [0, 0.1) is 0 Å². The molecule has 2 rings (SSSR count). The number of amides is 1. The van der Waals surface area contributed by atoms with Crippen LogP contribution in [0.1, 0.15) is 49.5 Å². The van der Waals surface area contributed by atoms with Crippen LogP contribution in [0.3, 0.4) is 0 Å². The molecule has 0 radical (unpaired) electrons. The Morgan fingerprint density at radius 2 is 1.94 bits per heavy atom. The number of rotatable bonds is 13. The zero-order chi connectivity index (χ0) is 26.5. The molecule has 1 N–H and O–H groups in total. The van der Waals surface area contributed by atoms with E-state index in [4.69, 9.17) is 14.2 Å². The number of carbonyl (C=O) groups excluding carboxylic acids is 1. The fourth-order valence-electron chi connectivity index (χ4n) is 3.66. The van der Waals surface area contributed by atoms with Crippen LogP contribution in [-0.2, 0) is 16.0 Å². The first-order valence-electron chi connectivity index (χ1n) is 12.3. The minimum absolute atomic E-state index is 0.227. The molecule has 1 aliphatic heterocycles. The van der Waals surface area contributed by atoms with Crippen molar-refractivity contribution in [3.05, 3.63) is 102 Å². The molecule has 0 unspecified atom stereocenters. The number of carbonyl (C=O) groups is 1. The highest BCUT2D eigenvalue weighted by Crippen LogP contribution is 2.24. The number of ether oxygens (including phenoxy) is 3. The normalized spacial score (nSPS) is 15.3. The molecule has 0 atom stereocenters. The quantitative estimate of drug-likeness (QED) is 0.268. The Bertz CT molecular complexity index is 1040.